The van der Waals surface area contributed by atoms with Crippen molar-refractivity contribution in [3.63, 3.8) is 0 Å². The number of aryl methyl sites for hydroxylation is 1. The number of aromatic nitrogens is 1. The molecule has 0 fully saturated rings. The molecular formula is C17H22N2O2. The average molecular weight is 286 g/mol. The van der Waals surface area contributed by atoms with Gasteiger partial charge in [-0.1, -0.05) is 26.0 Å². The van der Waals surface area contributed by atoms with Gasteiger partial charge in [-0.2, -0.15) is 0 Å². The number of fused-ring (bicyclic) bond motifs is 1. The Labute approximate surface area is 125 Å². The lowest BCUT2D eigenvalue weighted by Gasteiger charge is -2.20. The zero-order chi connectivity index (χ0) is 15.4. The topological polar surface area (TPSA) is 51.2 Å². The Morgan fingerprint density at radius 2 is 2.05 bits per heavy atom. The van der Waals surface area contributed by atoms with Crippen LogP contribution in [0.15, 0.2) is 30.3 Å². The van der Waals surface area contributed by atoms with Gasteiger partial charge in [-0.25, -0.2) is 0 Å². The van der Waals surface area contributed by atoms with Crippen LogP contribution in [-0.2, 0) is 16.1 Å². The van der Waals surface area contributed by atoms with Crippen LogP contribution in [0.4, 0.5) is 0 Å². The van der Waals surface area contributed by atoms with Crippen molar-refractivity contribution in [2.24, 2.45) is 5.92 Å². The minimum atomic E-state index is -0.290. The number of carbonyl (C=O) groups is 1. The van der Waals surface area contributed by atoms with Crippen molar-refractivity contribution in [3.8, 4) is 0 Å². The number of pyridine rings is 1. The summed E-state index contributed by atoms with van der Waals surface area (Å²) in [6.07, 6.45) is 0. The zero-order valence-corrected chi connectivity index (χ0v) is 13.0. The molecule has 0 aliphatic heterocycles. The largest absolute Gasteiger partial charge is 0.468 e. The number of hydrogen-bond acceptors (Lipinski definition) is 4. The van der Waals surface area contributed by atoms with Gasteiger partial charge in [-0.15, -0.1) is 0 Å². The van der Waals surface area contributed by atoms with Gasteiger partial charge in [0.25, 0.3) is 0 Å². The van der Waals surface area contributed by atoms with Crippen LogP contribution in [0.2, 0.25) is 0 Å². The summed E-state index contributed by atoms with van der Waals surface area (Å²) in [7, 11) is 1.42. The lowest BCUT2D eigenvalue weighted by molar-refractivity contribution is -0.144. The number of hydrogen-bond donors (Lipinski definition) is 1. The highest BCUT2D eigenvalue weighted by Crippen LogP contribution is 2.15. The van der Waals surface area contributed by atoms with E-state index in [9.17, 15) is 4.79 Å². The summed E-state index contributed by atoms with van der Waals surface area (Å²) >= 11 is 0. The predicted octanol–water partition coefficient (Wildman–Crippen LogP) is 2.83. The van der Waals surface area contributed by atoms with Gasteiger partial charge in [0.15, 0.2) is 0 Å². The van der Waals surface area contributed by atoms with E-state index in [1.54, 1.807) is 0 Å². The summed E-state index contributed by atoms with van der Waals surface area (Å²) in [5.74, 6) is -0.0368. The van der Waals surface area contributed by atoms with E-state index in [-0.39, 0.29) is 17.9 Å². The molecule has 0 amide bonds. The molecule has 1 heterocycles. The number of carbonyl (C=O) groups excluding carboxylic acids is 1. The van der Waals surface area contributed by atoms with Gasteiger partial charge in [0.05, 0.1) is 12.6 Å². The Morgan fingerprint density at radius 3 is 2.71 bits per heavy atom. The molecule has 1 N–H and O–H groups in total. The lowest BCUT2D eigenvalue weighted by Crippen LogP contribution is -2.41. The quantitative estimate of drug-likeness (QED) is 0.859. The SMILES string of the molecule is COC(=O)[C@@H](NCc1ccc2nc(C)ccc2c1)C(C)C. The Balaban J connectivity index is 2.12. The van der Waals surface area contributed by atoms with Crippen molar-refractivity contribution in [3.05, 3.63) is 41.6 Å². The maximum Gasteiger partial charge on any atom is 0.323 e. The summed E-state index contributed by atoms with van der Waals surface area (Å²) in [4.78, 5) is 16.2. The Hall–Kier alpha value is -1.94. The molecule has 4 heteroatoms. The number of rotatable bonds is 5. The van der Waals surface area contributed by atoms with Gasteiger partial charge < -0.3 is 10.1 Å². The van der Waals surface area contributed by atoms with Crippen LogP contribution in [-0.4, -0.2) is 24.1 Å². The molecule has 1 aromatic carbocycles. The third kappa shape index (κ3) is 3.79. The highest BCUT2D eigenvalue weighted by Gasteiger charge is 2.21. The third-order valence-electron chi connectivity index (χ3n) is 3.54. The van der Waals surface area contributed by atoms with Crippen molar-refractivity contribution in [2.45, 2.75) is 33.4 Å². The molecule has 2 rings (SSSR count). The number of benzene rings is 1. The number of methoxy groups -OCH3 is 1. The van der Waals surface area contributed by atoms with E-state index in [2.05, 4.69) is 22.4 Å². The molecule has 0 unspecified atom stereocenters. The van der Waals surface area contributed by atoms with E-state index < -0.39 is 0 Å². The van der Waals surface area contributed by atoms with Crippen LogP contribution in [0.1, 0.15) is 25.1 Å². The summed E-state index contributed by atoms with van der Waals surface area (Å²) in [5.41, 5.74) is 3.13. The highest BCUT2D eigenvalue weighted by molar-refractivity contribution is 5.79. The van der Waals surface area contributed by atoms with E-state index in [0.717, 1.165) is 22.2 Å². The summed E-state index contributed by atoms with van der Waals surface area (Å²) in [5, 5.41) is 4.38. The second-order valence-electron chi connectivity index (χ2n) is 5.61. The maximum atomic E-state index is 11.7. The van der Waals surface area contributed by atoms with Crippen LogP contribution >= 0.6 is 0 Å². The molecule has 0 radical (unpaired) electrons. The second-order valence-corrected chi connectivity index (χ2v) is 5.61. The third-order valence-corrected chi connectivity index (χ3v) is 3.54. The smallest absolute Gasteiger partial charge is 0.323 e. The number of ether oxygens (including phenoxy) is 1. The standard InChI is InChI=1S/C17H22N2O2/c1-11(2)16(17(20)21-4)18-10-13-6-8-15-14(9-13)7-5-12(3)19-15/h5-9,11,16,18H,10H2,1-4H3/t16-/m0/s1. The van der Waals surface area contributed by atoms with Gasteiger partial charge in [0.2, 0.25) is 0 Å². The number of nitrogens with zero attached hydrogens (tertiary/aromatic N) is 1. The van der Waals surface area contributed by atoms with Gasteiger partial charge in [-0.05, 0) is 36.6 Å². The first-order valence-electron chi connectivity index (χ1n) is 7.18. The highest BCUT2D eigenvalue weighted by atomic mass is 16.5. The first-order valence-corrected chi connectivity index (χ1v) is 7.18. The first-order chi connectivity index (χ1) is 10.0. The van der Waals surface area contributed by atoms with E-state index in [0.29, 0.717) is 6.54 Å². The van der Waals surface area contributed by atoms with Gasteiger partial charge >= 0.3 is 5.97 Å². The average Bonchev–Trinajstić information content (AvgIpc) is 2.46. The van der Waals surface area contributed by atoms with E-state index in [1.807, 2.05) is 39.0 Å². The van der Waals surface area contributed by atoms with Crippen LogP contribution < -0.4 is 5.32 Å². The molecule has 1 atom stereocenters. The fourth-order valence-corrected chi connectivity index (χ4v) is 2.33. The lowest BCUT2D eigenvalue weighted by atomic mass is 10.0. The summed E-state index contributed by atoms with van der Waals surface area (Å²) < 4.78 is 4.83. The van der Waals surface area contributed by atoms with Crippen molar-refractivity contribution in [2.75, 3.05) is 7.11 Å². The van der Waals surface area contributed by atoms with E-state index >= 15 is 0 Å². The molecule has 0 bridgehead atoms. The normalized spacial score (nSPS) is 12.6. The van der Waals surface area contributed by atoms with Gasteiger partial charge in [-0.3, -0.25) is 9.78 Å². The first kappa shape index (κ1) is 15.4. The summed E-state index contributed by atoms with van der Waals surface area (Å²) in [6, 6.07) is 9.94. The number of esters is 1. The Morgan fingerprint density at radius 1 is 1.29 bits per heavy atom. The molecule has 0 saturated heterocycles. The van der Waals surface area contributed by atoms with Crippen LogP contribution in [0.5, 0.6) is 0 Å². The van der Waals surface area contributed by atoms with Crippen LogP contribution in [0, 0.1) is 12.8 Å². The Kier molecular flexibility index (Phi) is 4.91. The molecular weight excluding hydrogens is 264 g/mol. The van der Waals surface area contributed by atoms with Crippen LogP contribution in [0.3, 0.4) is 0 Å². The fraction of sp³-hybridized carbons (Fsp3) is 0.412. The second kappa shape index (κ2) is 6.68. The van der Waals surface area contributed by atoms with Crippen molar-refractivity contribution < 1.29 is 9.53 Å². The number of nitrogens with one attached hydrogen (secondary N) is 1. The Bertz CT molecular complexity index is 638. The van der Waals surface area contributed by atoms with Crippen LogP contribution in [0.25, 0.3) is 10.9 Å². The fourth-order valence-electron chi connectivity index (χ4n) is 2.33. The summed E-state index contributed by atoms with van der Waals surface area (Å²) in [6.45, 7) is 6.61. The minimum absolute atomic E-state index is 0.183. The molecule has 0 spiro atoms. The molecule has 112 valence electrons. The maximum absolute atomic E-state index is 11.7. The van der Waals surface area contributed by atoms with Gasteiger partial charge in [0.1, 0.15) is 6.04 Å². The molecule has 21 heavy (non-hydrogen) atoms. The van der Waals surface area contributed by atoms with Crippen molar-refractivity contribution in [1.29, 1.82) is 0 Å². The van der Waals surface area contributed by atoms with Gasteiger partial charge in [0, 0.05) is 17.6 Å². The van der Waals surface area contributed by atoms with E-state index in [4.69, 9.17) is 4.74 Å². The molecule has 4 nitrogen and oxygen atoms in total. The predicted molar refractivity (Wildman–Crippen MR) is 84.0 cm³/mol. The minimum Gasteiger partial charge on any atom is -0.468 e. The van der Waals surface area contributed by atoms with E-state index in [1.165, 1.54) is 7.11 Å². The molecule has 0 aliphatic carbocycles. The van der Waals surface area contributed by atoms with Crippen molar-refractivity contribution in [1.82, 2.24) is 10.3 Å². The molecule has 2 aromatic rings. The monoisotopic (exact) mass is 286 g/mol. The van der Waals surface area contributed by atoms with Crippen molar-refractivity contribution >= 4 is 16.9 Å². The molecule has 1 aromatic heterocycles. The zero-order valence-electron chi connectivity index (χ0n) is 13.0. The molecule has 0 saturated carbocycles. The molecule has 0 aliphatic rings.